The van der Waals surface area contributed by atoms with Gasteiger partial charge in [-0.25, -0.2) is 9.78 Å². The second-order valence-corrected chi connectivity index (χ2v) is 6.31. The molecule has 0 unspecified atom stereocenters. The fourth-order valence-electron chi connectivity index (χ4n) is 1.64. The van der Waals surface area contributed by atoms with Crippen LogP contribution in [0.1, 0.15) is 26.7 Å². The summed E-state index contributed by atoms with van der Waals surface area (Å²) in [7, 11) is 0. The van der Waals surface area contributed by atoms with Gasteiger partial charge in [-0.15, -0.1) is 0 Å². The molecular weight excluding hydrogens is 324 g/mol. The highest BCUT2D eigenvalue weighted by Gasteiger charge is 2.15. The van der Waals surface area contributed by atoms with Crippen LogP contribution in [0.15, 0.2) is 27.1 Å². The van der Waals surface area contributed by atoms with Crippen LogP contribution < -0.4 is 5.32 Å². The molecule has 108 valence electrons. The Morgan fingerprint density at radius 2 is 2.20 bits per heavy atom. The molecule has 1 amide bonds. The Bertz CT molecular complexity index is 616. The molecule has 5 nitrogen and oxygen atoms in total. The molecule has 0 saturated heterocycles. The van der Waals surface area contributed by atoms with Gasteiger partial charge in [-0.3, -0.25) is 0 Å². The van der Waals surface area contributed by atoms with Gasteiger partial charge in [-0.1, -0.05) is 15.9 Å². The summed E-state index contributed by atoms with van der Waals surface area (Å²) < 4.78 is 11.7. The minimum atomic E-state index is -0.492. The van der Waals surface area contributed by atoms with Crippen molar-refractivity contribution < 1.29 is 13.9 Å². The summed E-state index contributed by atoms with van der Waals surface area (Å²) in [6.07, 6.45) is 0.0855. The number of rotatable bonds is 3. The average molecular weight is 341 g/mol. The second-order valence-electron chi connectivity index (χ2n) is 5.40. The molecule has 20 heavy (non-hydrogen) atoms. The van der Waals surface area contributed by atoms with Crippen molar-refractivity contribution in [1.82, 2.24) is 10.3 Å². The van der Waals surface area contributed by atoms with Crippen molar-refractivity contribution in [1.29, 1.82) is 0 Å². The van der Waals surface area contributed by atoms with Crippen molar-refractivity contribution in [3.63, 3.8) is 0 Å². The van der Waals surface area contributed by atoms with Crippen LogP contribution >= 0.6 is 15.9 Å². The van der Waals surface area contributed by atoms with Gasteiger partial charge in [0, 0.05) is 17.4 Å². The first kappa shape index (κ1) is 14.8. The minimum absolute atomic E-state index is 0.420. The molecule has 1 aromatic heterocycles. The first-order valence-electron chi connectivity index (χ1n) is 6.35. The number of aromatic nitrogens is 1. The number of hydrogen-bond acceptors (Lipinski definition) is 4. The molecule has 0 radical (unpaired) electrons. The van der Waals surface area contributed by atoms with Crippen molar-refractivity contribution >= 4 is 33.1 Å². The summed E-state index contributed by atoms with van der Waals surface area (Å²) >= 11 is 3.38. The Hall–Kier alpha value is -1.56. The Balaban J connectivity index is 1.88. The fraction of sp³-hybridized carbons (Fsp3) is 0.429. The Morgan fingerprint density at radius 3 is 2.90 bits per heavy atom. The third-order valence-electron chi connectivity index (χ3n) is 2.40. The number of fused-ring (bicyclic) bond motifs is 1. The number of nitrogens with one attached hydrogen (secondary N) is 1. The van der Waals surface area contributed by atoms with Gasteiger partial charge in [0.25, 0.3) is 0 Å². The Labute approximate surface area is 125 Å². The molecule has 2 aromatic rings. The summed E-state index contributed by atoms with van der Waals surface area (Å²) in [5.74, 6) is 0.592. The van der Waals surface area contributed by atoms with Crippen LogP contribution in [0.3, 0.4) is 0 Å². The van der Waals surface area contributed by atoms with Gasteiger partial charge in [0.1, 0.15) is 11.1 Å². The van der Waals surface area contributed by atoms with E-state index in [9.17, 15) is 4.79 Å². The molecule has 6 heteroatoms. The van der Waals surface area contributed by atoms with Crippen molar-refractivity contribution in [3.05, 3.63) is 28.6 Å². The zero-order valence-corrected chi connectivity index (χ0v) is 13.3. The van der Waals surface area contributed by atoms with E-state index in [2.05, 4.69) is 26.2 Å². The first-order valence-corrected chi connectivity index (χ1v) is 7.14. The highest BCUT2D eigenvalue weighted by Crippen LogP contribution is 2.20. The van der Waals surface area contributed by atoms with Crippen LogP contribution in [0.2, 0.25) is 0 Å². The van der Waals surface area contributed by atoms with Gasteiger partial charge in [-0.05, 0) is 39.0 Å². The van der Waals surface area contributed by atoms with Gasteiger partial charge < -0.3 is 14.5 Å². The van der Waals surface area contributed by atoms with Crippen LogP contribution in [-0.4, -0.2) is 23.2 Å². The smallest absolute Gasteiger partial charge is 0.407 e. The lowest BCUT2D eigenvalue weighted by Crippen LogP contribution is -2.33. The molecule has 0 aliphatic heterocycles. The largest absolute Gasteiger partial charge is 0.444 e. The van der Waals surface area contributed by atoms with Crippen LogP contribution in [-0.2, 0) is 11.2 Å². The van der Waals surface area contributed by atoms with Crippen molar-refractivity contribution in [3.8, 4) is 0 Å². The van der Waals surface area contributed by atoms with E-state index in [4.69, 9.17) is 9.15 Å². The van der Waals surface area contributed by atoms with E-state index in [0.717, 1.165) is 15.6 Å². The van der Waals surface area contributed by atoms with E-state index in [1.807, 2.05) is 39.0 Å². The Kier molecular flexibility index (Phi) is 4.32. The van der Waals surface area contributed by atoms with Crippen LogP contribution in [0.5, 0.6) is 0 Å². The lowest BCUT2D eigenvalue weighted by Gasteiger charge is -2.19. The first-order chi connectivity index (χ1) is 9.33. The summed E-state index contributed by atoms with van der Waals surface area (Å²) in [5.41, 5.74) is 1.04. The van der Waals surface area contributed by atoms with E-state index >= 15 is 0 Å². The predicted molar refractivity (Wildman–Crippen MR) is 79.6 cm³/mol. The average Bonchev–Trinajstić information content (AvgIpc) is 2.68. The molecule has 0 spiro atoms. The molecule has 2 rings (SSSR count). The van der Waals surface area contributed by atoms with Crippen LogP contribution in [0.25, 0.3) is 11.1 Å². The van der Waals surface area contributed by atoms with E-state index in [1.165, 1.54) is 0 Å². The molecule has 1 heterocycles. The summed E-state index contributed by atoms with van der Waals surface area (Å²) in [5, 5.41) is 2.67. The van der Waals surface area contributed by atoms with Crippen molar-refractivity contribution in [2.75, 3.05) is 6.54 Å². The van der Waals surface area contributed by atoms with Crippen LogP contribution in [0, 0.1) is 0 Å². The fourth-order valence-corrected chi connectivity index (χ4v) is 1.98. The SMILES string of the molecule is CC(C)(C)OC(=O)NCCc1nc2ccc(Br)cc2o1. The molecular formula is C14H17BrN2O3. The van der Waals surface area contributed by atoms with E-state index < -0.39 is 11.7 Å². The summed E-state index contributed by atoms with van der Waals surface area (Å²) in [4.78, 5) is 15.8. The molecule has 1 aromatic carbocycles. The van der Waals surface area contributed by atoms with E-state index in [0.29, 0.717) is 18.9 Å². The number of ether oxygens (including phenoxy) is 1. The highest BCUT2D eigenvalue weighted by atomic mass is 79.9. The molecule has 0 saturated carbocycles. The number of carbonyl (C=O) groups is 1. The maximum atomic E-state index is 11.5. The maximum absolute atomic E-state index is 11.5. The minimum Gasteiger partial charge on any atom is -0.444 e. The lowest BCUT2D eigenvalue weighted by atomic mass is 10.2. The molecule has 1 N–H and O–H groups in total. The monoisotopic (exact) mass is 340 g/mol. The standard InChI is InChI=1S/C14H17BrN2O3/c1-14(2,3)20-13(18)16-7-6-12-17-10-5-4-9(15)8-11(10)19-12/h4-5,8H,6-7H2,1-3H3,(H,16,18). The predicted octanol–water partition coefficient (Wildman–Crippen LogP) is 3.66. The summed E-state index contributed by atoms with van der Waals surface area (Å²) in [6.45, 7) is 5.89. The number of hydrogen-bond donors (Lipinski definition) is 1. The highest BCUT2D eigenvalue weighted by molar-refractivity contribution is 9.10. The molecule has 0 bridgehead atoms. The normalized spacial score (nSPS) is 11.6. The summed E-state index contributed by atoms with van der Waals surface area (Å²) in [6, 6.07) is 5.66. The number of benzene rings is 1. The third-order valence-corrected chi connectivity index (χ3v) is 2.90. The lowest BCUT2D eigenvalue weighted by molar-refractivity contribution is 0.0528. The topological polar surface area (TPSA) is 64.4 Å². The van der Waals surface area contributed by atoms with Crippen molar-refractivity contribution in [2.45, 2.75) is 32.8 Å². The second kappa shape index (κ2) is 5.83. The van der Waals surface area contributed by atoms with E-state index in [-0.39, 0.29) is 0 Å². The number of carbonyl (C=O) groups excluding carboxylic acids is 1. The van der Waals surface area contributed by atoms with Crippen molar-refractivity contribution in [2.24, 2.45) is 0 Å². The van der Waals surface area contributed by atoms with Gasteiger partial charge in [0.2, 0.25) is 0 Å². The Morgan fingerprint density at radius 1 is 1.45 bits per heavy atom. The van der Waals surface area contributed by atoms with Gasteiger partial charge in [0.15, 0.2) is 11.5 Å². The van der Waals surface area contributed by atoms with Crippen LogP contribution in [0.4, 0.5) is 4.79 Å². The number of amides is 1. The maximum Gasteiger partial charge on any atom is 0.407 e. The quantitative estimate of drug-likeness (QED) is 0.925. The van der Waals surface area contributed by atoms with E-state index in [1.54, 1.807) is 0 Å². The number of halogens is 1. The molecule has 0 aliphatic rings. The molecule has 0 aliphatic carbocycles. The third kappa shape index (κ3) is 4.23. The molecule has 0 fully saturated rings. The van der Waals surface area contributed by atoms with Gasteiger partial charge >= 0.3 is 6.09 Å². The molecule has 0 atom stereocenters. The number of nitrogens with zero attached hydrogens (tertiary/aromatic N) is 1. The number of alkyl carbamates (subject to hydrolysis) is 1. The zero-order chi connectivity index (χ0) is 14.8. The zero-order valence-electron chi connectivity index (χ0n) is 11.7. The van der Waals surface area contributed by atoms with Gasteiger partial charge in [-0.2, -0.15) is 0 Å². The van der Waals surface area contributed by atoms with Gasteiger partial charge in [0.05, 0.1) is 0 Å². The number of oxazole rings is 1.